The summed E-state index contributed by atoms with van der Waals surface area (Å²) in [5, 5.41) is 1.53. The fourth-order valence-electron chi connectivity index (χ4n) is 5.55. The zero-order valence-electron chi connectivity index (χ0n) is 22.7. The molecule has 9 heteroatoms. The highest BCUT2D eigenvalue weighted by Crippen LogP contribution is 2.38. The molecule has 3 aromatic rings. The van der Waals surface area contributed by atoms with Crippen molar-refractivity contribution in [3.8, 4) is 16.3 Å². The summed E-state index contributed by atoms with van der Waals surface area (Å²) in [5.41, 5.74) is 5.01. The van der Waals surface area contributed by atoms with Gasteiger partial charge in [0.2, 0.25) is 0 Å². The molecule has 0 unspecified atom stereocenters. The third kappa shape index (κ3) is 5.50. The van der Waals surface area contributed by atoms with E-state index >= 15 is 0 Å². The zero-order valence-corrected chi connectivity index (χ0v) is 25.5. The second-order valence-electron chi connectivity index (χ2n) is 10.8. The molecule has 202 valence electrons. The Balaban J connectivity index is 1.32. The molecule has 0 bridgehead atoms. The van der Waals surface area contributed by atoms with E-state index in [1.54, 1.807) is 7.11 Å². The number of amides is 1. The average molecular weight is 570 g/mol. The molecule has 1 aromatic heterocycles. The molecule has 1 fully saturated rings. The molecule has 5 rings (SSSR count). The van der Waals surface area contributed by atoms with E-state index in [0.29, 0.717) is 27.5 Å². The molecule has 0 saturated carbocycles. The largest absolute Gasteiger partial charge is 0.495 e. The van der Waals surface area contributed by atoms with Gasteiger partial charge < -0.3 is 19.0 Å². The minimum Gasteiger partial charge on any atom is -0.495 e. The van der Waals surface area contributed by atoms with E-state index in [0.717, 1.165) is 59.3 Å². The van der Waals surface area contributed by atoms with Crippen molar-refractivity contribution in [2.24, 2.45) is 0 Å². The van der Waals surface area contributed by atoms with Gasteiger partial charge in [-0.05, 0) is 41.8 Å². The number of fused-ring (bicyclic) bond motifs is 1. The van der Waals surface area contributed by atoms with Gasteiger partial charge in [-0.15, -0.1) is 11.3 Å². The molecule has 6 nitrogen and oxygen atoms in total. The van der Waals surface area contributed by atoms with Crippen molar-refractivity contribution >= 4 is 49.3 Å². The first-order valence-electron chi connectivity index (χ1n) is 13.4. The fraction of sp³-hybridized carbons (Fsp3) is 0.448. The van der Waals surface area contributed by atoms with E-state index in [4.69, 9.17) is 25.7 Å². The van der Waals surface area contributed by atoms with Crippen molar-refractivity contribution < 1.29 is 14.0 Å². The molecule has 3 heterocycles. The highest BCUT2D eigenvalue weighted by molar-refractivity contribution is 7.17. The Hall–Kier alpha value is -2.39. The SMILES string of the molecule is COc1cc(N2CCc3nc(-c4ccc(Cl)cc4)sc3C2=O)ccc1N1CC[C@@H](O[SiH](C(C)C)C(C)C)C1. The van der Waals surface area contributed by atoms with E-state index in [-0.39, 0.29) is 12.0 Å². The van der Waals surface area contributed by atoms with E-state index < -0.39 is 9.04 Å². The van der Waals surface area contributed by atoms with Gasteiger partial charge in [-0.25, -0.2) is 4.98 Å². The molecule has 2 aliphatic heterocycles. The Kier molecular flexibility index (Phi) is 8.14. The summed E-state index contributed by atoms with van der Waals surface area (Å²) in [6.45, 7) is 11.6. The predicted octanol–water partition coefficient (Wildman–Crippen LogP) is 6.81. The molecular formula is C29H36ClN3O3SSi. The maximum Gasteiger partial charge on any atom is 0.270 e. The lowest BCUT2D eigenvalue weighted by atomic mass is 10.1. The Bertz CT molecular complexity index is 1290. The number of thiazole rings is 1. The third-order valence-electron chi connectivity index (χ3n) is 7.42. The van der Waals surface area contributed by atoms with Crippen LogP contribution in [0.3, 0.4) is 0 Å². The molecule has 0 aliphatic carbocycles. The summed E-state index contributed by atoms with van der Waals surface area (Å²) < 4.78 is 12.5. The number of halogens is 1. The minimum absolute atomic E-state index is 0.00762. The Morgan fingerprint density at radius 2 is 1.82 bits per heavy atom. The van der Waals surface area contributed by atoms with Crippen LogP contribution in [0, 0.1) is 0 Å². The summed E-state index contributed by atoms with van der Waals surface area (Å²) >= 11 is 7.49. The summed E-state index contributed by atoms with van der Waals surface area (Å²) in [5.74, 6) is 0.779. The van der Waals surface area contributed by atoms with E-state index in [2.05, 4.69) is 38.7 Å². The number of hydrogen-bond donors (Lipinski definition) is 0. The van der Waals surface area contributed by atoms with Crippen LogP contribution in [0.2, 0.25) is 16.1 Å². The molecule has 0 N–H and O–H groups in total. The van der Waals surface area contributed by atoms with Crippen molar-refractivity contribution in [2.45, 2.75) is 57.7 Å². The molecule has 1 saturated heterocycles. The Morgan fingerprint density at radius 3 is 2.50 bits per heavy atom. The van der Waals surface area contributed by atoms with Crippen LogP contribution in [-0.4, -0.2) is 52.8 Å². The van der Waals surface area contributed by atoms with Gasteiger partial charge in [0.25, 0.3) is 5.91 Å². The highest BCUT2D eigenvalue weighted by atomic mass is 35.5. The van der Waals surface area contributed by atoms with Crippen LogP contribution < -0.4 is 14.5 Å². The van der Waals surface area contributed by atoms with Crippen LogP contribution in [0.15, 0.2) is 42.5 Å². The second-order valence-corrected chi connectivity index (χ2v) is 16.1. The van der Waals surface area contributed by atoms with Crippen LogP contribution >= 0.6 is 22.9 Å². The van der Waals surface area contributed by atoms with Crippen LogP contribution in [0.1, 0.15) is 49.5 Å². The number of ether oxygens (including phenoxy) is 1. The van der Waals surface area contributed by atoms with Crippen molar-refractivity contribution in [3.63, 3.8) is 0 Å². The third-order valence-corrected chi connectivity index (χ3v) is 12.1. The van der Waals surface area contributed by atoms with Gasteiger partial charge in [0.15, 0.2) is 9.04 Å². The lowest BCUT2D eigenvalue weighted by Gasteiger charge is -2.29. The fourth-order valence-corrected chi connectivity index (χ4v) is 9.58. The first kappa shape index (κ1) is 27.2. The van der Waals surface area contributed by atoms with Gasteiger partial charge in [-0.3, -0.25) is 4.79 Å². The lowest BCUT2D eigenvalue weighted by molar-refractivity contribution is 0.0984. The van der Waals surface area contributed by atoms with E-state index in [1.807, 2.05) is 41.3 Å². The monoisotopic (exact) mass is 569 g/mol. The lowest BCUT2D eigenvalue weighted by Crippen LogP contribution is -2.37. The summed E-state index contributed by atoms with van der Waals surface area (Å²) in [6.07, 6.45) is 2.02. The van der Waals surface area contributed by atoms with Gasteiger partial charge in [0, 0.05) is 48.4 Å². The first-order chi connectivity index (χ1) is 18.2. The minimum atomic E-state index is -1.27. The van der Waals surface area contributed by atoms with Crippen molar-refractivity contribution in [3.05, 3.63) is 58.1 Å². The van der Waals surface area contributed by atoms with Gasteiger partial charge >= 0.3 is 0 Å². The quantitative estimate of drug-likeness (QED) is 0.279. The standard InChI is InChI=1S/C29H36ClN3O3SSi/c1-18(2)38(19(3)4)36-23-12-14-32(17-23)25-11-10-22(16-26(25)35-5)33-15-13-24-27(29(33)34)37-28(31-24)20-6-8-21(30)9-7-20/h6-11,16,18-19,23,38H,12-15,17H2,1-5H3/t23-/m1/s1. The number of aromatic nitrogens is 1. The van der Waals surface area contributed by atoms with Crippen LogP contribution in [-0.2, 0) is 10.8 Å². The molecule has 2 aliphatic rings. The maximum absolute atomic E-state index is 13.5. The Morgan fingerprint density at radius 1 is 1.08 bits per heavy atom. The number of hydrogen-bond acceptors (Lipinski definition) is 6. The van der Waals surface area contributed by atoms with E-state index in [1.165, 1.54) is 11.3 Å². The van der Waals surface area contributed by atoms with E-state index in [9.17, 15) is 4.79 Å². The van der Waals surface area contributed by atoms with Gasteiger partial charge in [-0.1, -0.05) is 51.4 Å². The first-order valence-corrected chi connectivity index (χ1v) is 16.4. The zero-order chi connectivity index (χ0) is 27.0. The predicted molar refractivity (Wildman–Crippen MR) is 160 cm³/mol. The van der Waals surface area contributed by atoms with Crippen molar-refractivity contribution in [1.29, 1.82) is 0 Å². The second kappa shape index (κ2) is 11.4. The highest BCUT2D eigenvalue weighted by Gasteiger charge is 2.33. The van der Waals surface area contributed by atoms with Crippen LogP contribution in [0.4, 0.5) is 11.4 Å². The number of methoxy groups -OCH3 is 1. The number of nitrogens with zero attached hydrogens (tertiary/aromatic N) is 3. The smallest absolute Gasteiger partial charge is 0.270 e. The summed E-state index contributed by atoms with van der Waals surface area (Å²) in [6, 6.07) is 13.7. The number of rotatable bonds is 8. The molecule has 0 spiro atoms. The Labute approximate surface area is 236 Å². The number of carbonyl (C=O) groups is 1. The van der Waals surface area contributed by atoms with Gasteiger partial charge in [0.1, 0.15) is 15.6 Å². The van der Waals surface area contributed by atoms with Crippen molar-refractivity contribution in [2.75, 3.05) is 36.5 Å². The normalized spacial score (nSPS) is 17.7. The van der Waals surface area contributed by atoms with Crippen LogP contribution in [0.5, 0.6) is 5.75 Å². The topological polar surface area (TPSA) is 54.9 Å². The summed E-state index contributed by atoms with van der Waals surface area (Å²) in [4.78, 5) is 23.2. The molecule has 1 atom stereocenters. The molecule has 1 amide bonds. The summed E-state index contributed by atoms with van der Waals surface area (Å²) in [7, 11) is 0.430. The number of carbonyl (C=O) groups excluding carboxylic acids is 1. The molecule has 38 heavy (non-hydrogen) atoms. The van der Waals surface area contributed by atoms with Gasteiger partial charge in [-0.2, -0.15) is 0 Å². The van der Waals surface area contributed by atoms with Crippen molar-refractivity contribution in [1.82, 2.24) is 4.98 Å². The molecular weight excluding hydrogens is 534 g/mol. The average Bonchev–Trinajstić information content (AvgIpc) is 3.55. The molecule has 0 radical (unpaired) electrons. The number of benzene rings is 2. The maximum atomic E-state index is 13.5. The van der Waals surface area contributed by atoms with Crippen LogP contribution in [0.25, 0.3) is 10.6 Å². The molecule has 2 aromatic carbocycles. The number of anilines is 2. The van der Waals surface area contributed by atoms with Gasteiger partial charge in [0.05, 0.1) is 24.6 Å².